The van der Waals surface area contributed by atoms with Crippen LogP contribution in [0.1, 0.15) is 38.8 Å². The highest BCUT2D eigenvalue weighted by molar-refractivity contribution is 6.56. The van der Waals surface area contributed by atoms with Gasteiger partial charge in [0.05, 0.1) is 11.2 Å². The third kappa shape index (κ3) is 2.14. The predicted octanol–water partition coefficient (Wildman–Crippen LogP) is 3.91. The van der Waals surface area contributed by atoms with Crippen LogP contribution in [0.25, 0.3) is 6.08 Å². The zero-order valence-electron chi connectivity index (χ0n) is 11.8. The second kappa shape index (κ2) is 4.11. The van der Waals surface area contributed by atoms with Crippen molar-refractivity contribution in [2.75, 3.05) is 0 Å². The maximum Gasteiger partial charge on any atom is 0.490 e. The number of halogens is 1. The molecule has 1 saturated heterocycles. The van der Waals surface area contributed by atoms with Gasteiger partial charge in [-0.3, -0.25) is 0 Å². The predicted molar refractivity (Wildman–Crippen MR) is 79.2 cm³/mol. The Bertz CT molecular complexity index is 547. The van der Waals surface area contributed by atoms with E-state index in [0.29, 0.717) is 0 Å². The first kappa shape index (κ1) is 13.2. The Morgan fingerprint density at radius 2 is 1.74 bits per heavy atom. The van der Waals surface area contributed by atoms with Crippen LogP contribution in [0.3, 0.4) is 0 Å². The van der Waals surface area contributed by atoms with Gasteiger partial charge in [0, 0.05) is 5.02 Å². The SMILES string of the molecule is CC1(C)OB(C2=Cc3ccc(Cl)cc3C2)OC1(C)C. The standard InChI is InChI=1S/C15H18BClO2/c1-14(2)15(3,4)19-16(18-14)12-7-10-5-6-13(17)9-11(10)8-12/h5-7,9H,8H2,1-4H3. The molecule has 1 heterocycles. The van der Waals surface area contributed by atoms with Crippen molar-refractivity contribution < 1.29 is 9.31 Å². The summed E-state index contributed by atoms with van der Waals surface area (Å²) < 4.78 is 12.2. The fourth-order valence-corrected chi connectivity index (χ4v) is 2.68. The molecule has 0 unspecified atom stereocenters. The normalized spacial score (nSPS) is 23.4. The third-order valence-corrected chi connectivity index (χ3v) is 4.63. The van der Waals surface area contributed by atoms with E-state index in [-0.39, 0.29) is 18.3 Å². The maximum atomic E-state index is 6.09. The molecule has 1 aromatic carbocycles. The van der Waals surface area contributed by atoms with Crippen LogP contribution >= 0.6 is 11.6 Å². The summed E-state index contributed by atoms with van der Waals surface area (Å²) in [7, 11) is -0.254. The Kier molecular flexibility index (Phi) is 2.86. The number of fused-ring (bicyclic) bond motifs is 1. The Balaban J connectivity index is 1.85. The molecule has 0 saturated carbocycles. The molecule has 0 aromatic heterocycles. The van der Waals surface area contributed by atoms with E-state index in [9.17, 15) is 0 Å². The third-order valence-electron chi connectivity index (χ3n) is 4.40. The lowest BCUT2D eigenvalue weighted by Gasteiger charge is -2.32. The fourth-order valence-electron chi connectivity index (χ4n) is 2.48. The van der Waals surface area contributed by atoms with E-state index >= 15 is 0 Å². The van der Waals surface area contributed by atoms with Gasteiger partial charge in [0.1, 0.15) is 0 Å². The van der Waals surface area contributed by atoms with Crippen molar-refractivity contribution in [3.8, 4) is 0 Å². The lowest BCUT2D eigenvalue weighted by atomic mass is 9.77. The van der Waals surface area contributed by atoms with Gasteiger partial charge in [-0.05, 0) is 62.8 Å². The van der Waals surface area contributed by atoms with E-state index in [1.807, 2.05) is 12.1 Å². The van der Waals surface area contributed by atoms with E-state index in [1.54, 1.807) is 0 Å². The first-order chi connectivity index (χ1) is 8.78. The first-order valence-electron chi connectivity index (χ1n) is 6.63. The number of allylic oxidation sites excluding steroid dienone is 1. The van der Waals surface area contributed by atoms with Gasteiger partial charge >= 0.3 is 7.12 Å². The van der Waals surface area contributed by atoms with Gasteiger partial charge in [0.15, 0.2) is 0 Å². The molecule has 100 valence electrons. The second-order valence-corrected chi connectivity index (χ2v) is 6.76. The van der Waals surface area contributed by atoms with E-state index in [0.717, 1.165) is 11.4 Å². The second-order valence-electron chi connectivity index (χ2n) is 6.33. The molecular weight excluding hydrogens is 258 g/mol. The molecule has 1 aliphatic carbocycles. The van der Waals surface area contributed by atoms with Gasteiger partial charge in [-0.15, -0.1) is 0 Å². The van der Waals surface area contributed by atoms with Crippen LogP contribution in [-0.4, -0.2) is 18.3 Å². The van der Waals surface area contributed by atoms with Crippen molar-refractivity contribution in [3.63, 3.8) is 0 Å². The Morgan fingerprint density at radius 3 is 2.37 bits per heavy atom. The van der Waals surface area contributed by atoms with E-state index in [2.05, 4.69) is 39.8 Å². The summed E-state index contributed by atoms with van der Waals surface area (Å²) in [5, 5.41) is 0.780. The van der Waals surface area contributed by atoms with Crippen LogP contribution in [-0.2, 0) is 15.7 Å². The van der Waals surface area contributed by atoms with Crippen molar-refractivity contribution in [1.29, 1.82) is 0 Å². The van der Waals surface area contributed by atoms with Crippen LogP contribution in [0.4, 0.5) is 0 Å². The minimum atomic E-state index is -0.287. The Labute approximate surface area is 119 Å². The molecule has 2 aliphatic rings. The zero-order chi connectivity index (χ0) is 13.8. The molecule has 0 N–H and O–H groups in total. The largest absolute Gasteiger partial charge is 0.490 e. The van der Waals surface area contributed by atoms with Gasteiger partial charge in [0.25, 0.3) is 0 Å². The molecule has 0 bridgehead atoms. The Morgan fingerprint density at radius 1 is 1.11 bits per heavy atom. The highest BCUT2D eigenvalue weighted by Gasteiger charge is 2.52. The summed E-state index contributed by atoms with van der Waals surface area (Å²) in [6.07, 6.45) is 3.01. The average Bonchev–Trinajstić information content (AvgIpc) is 2.78. The number of hydrogen-bond acceptors (Lipinski definition) is 2. The van der Waals surface area contributed by atoms with E-state index < -0.39 is 0 Å². The molecule has 4 heteroatoms. The molecule has 2 nitrogen and oxygen atoms in total. The fraction of sp³-hybridized carbons (Fsp3) is 0.467. The van der Waals surface area contributed by atoms with Crippen LogP contribution in [0.15, 0.2) is 23.7 Å². The smallest absolute Gasteiger partial charge is 0.400 e. The zero-order valence-corrected chi connectivity index (χ0v) is 12.5. The summed E-state index contributed by atoms with van der Waals surface area (Å²) in [6, 6.07) is 5.99. The van der Waals surface area contributed by atoms with Gasteiger partial charge in [0.2, 0.25) is 0 Å². The molecule has 1 aromatic rings. The van der Waals surface area contributed by atoms with Gasteiger partial charge in [-0.2, -0.15) is 0 Å². The van der Waals surface area contributed by atoms with Crippen molar-refractivity contribution in [2.24, 2.45) is 0 Å². The lowest BCUT2D eigenvalue weighted by molar-refractivity contribution is 0.00578. The molecule has 1 aliphatic heterocycles. The molecule has 0 amide bonds. The molecule has 0 atom stereocenters. The number of benzene rings is 1. The summed E-state index contributed by atoms with van der Waals surface area (Å²) in [5.74, 6) is 0. The Hall–Kier alpha value is -0.765. The number of hydrogen-bond donors (Lipinski definition) is 0. The maximum absolute atomic E-state index is 6.09. The van der Waals surface area contributed by atoms with Gasteiger partial charge in [-0.1, -0.05) is 23.7 Å². The van der Waals surface area contributed by atoms with E-state index in [1.165, 1.54) is 16.6 Å². The first-order valence-corrected chi connectivity index (χ1v) is 7.01. The molecule has 19 heavy (non-hydrogen) atoms. The summed E-state index contributed by atoms with van der Waals surface area (Å²) in [4.78, 5) is 0. The molecule has 0 spiro atoms. The summed E-state index contributed by atoms with van der Waals surface area (Å²) in [6.45, 7) is 8.30. The minimum Gasteiger partial charge on any atom is -0.400 e. The topological polar surface area (TPSA) is 18.5 Å². The van der Waals surface area contributed by atoms with Crippen LogP contribution in [0.5, 0.6) is 0 Å². The van der Waals surface area contributed by atoms with Crippen molar-refractivity contribution in [3.05, 3.63) is 39.8 Å². The van der Waals surface area contributed by atoms with Crippen molar-refractivity contribution in [2.45, 2.75) is 45.3 Å². The van der Waals surface area contributed by atoms with Crippen molar-refractivity contribution >= 4 is 24.8 Å². The van der Waals surface area contributed by atoms with Crippen LogP contribution < -0.4 is 0 Å². The number of rotatable bonds is 1. The van der Waals surface area contributed by atoms with Crippen molar-refractivity contribution in [1.82, 2.24) is 0 Å². The highest BCUT2D eigenvalue weighted by Crippen LogP contribution is 2.41. The summed E-state index contributed by atoms with van der Waals surface area (Å²) in [5.41, 5.74) is 3.07. The molecular formula is C15H18BClO2. The lowest BCUT2D eigenvalue weighted by Crippen LogP contribution is -2.41. The van der Waals surface area contributed by atoms with E-state index in [4.69, 9.17) is 20.9 Å². The monoisotopic (exact) mass is 276 g/mol. The van der Waals surface area contributed by atoms with Gasteiger partial charge in [-0.25, -0.2) is 0 Å². The minimum absolute atomic E-state index is 0.254. The van der Waals surface area contributed by atoms with Crippen LogP contribution in [0.2, 0.25) is 5.02 Å². The van der Waals surface area contributed by atoms with Gasteiger partial charge < -0.3 is 9.31 Å². The average molecular weight is 277 g/mol. The molecule has 0 radical (unpaired) electrons. The molecule has 3 rings (SSSR count). The summed E-state index contributed by atoms with van der Waals surface area (Å²) >= 11 is 6.04. The van der Waals surface area contributed by atoms with Crippen LogP contribution in [0, 0.1) is 0 Å². The highest BCUT2D eigenvalue weighted by atomic mass is 35.5. The quantitative estimate of drug-likeness (QED) is 0.724. The molecule has 1 fully saturated rings.